The van der Waals surface area contributed by atoms with Crippen molar-refractivity contribution in [2.45, 2.75) is 24.5 Å². The molecule has 3 aromatic rings. The molecule has 2 aromatic heterocycles. The van der Waals surface area contributed by atoms with Crippen molar-refractivity contribution in [2.75, 3.05) is 4.72 Å². The highest BCUT2D eigenvalue weighted by Crippen LogP contribution is 2.27. The summed E-state index contributed by atoms with van der Waals surface area (Å²) < 4.78 is 27.7. The first-order chi connectivity index (χ1) is 10.9. The SMILES string of the molecule is Cc1cc(S(=O)(=O)Nc2ccc(Cc3nn[nH]n3)cc2)sc1C. The molecule has 0 saturated heterocycles. The lowest BCUT2D eigenvalue weighted by Gasteiger charge is -2.07. The van der Waals surface area contributed by atoms with Gasteiger partial charge in [0.15, 0.2) is 5.82 Å². The minimum atomic E-state index is -3.55. The predicted octanol–water partition coefficient (Wildman–Crippen LogP) is 2.27. The highest BCUT2D eigenvalue weighted by atomic mass is 32.2. The largest absolute Gasteiger partial charge is 0.279 e. The molecule has 1 aromatic carbocycles. The first-order valence-corrected chi connectivity index (χ1v) is 9.15. The summed E-state index contributed by atoms with van der Waals surface area (Å²) in [5.41, 5.74) is 2.47. The van der Waals surface area contributed by atoms with Gasteiger partial charge < -0.3 is 0 Å². The van der Waals surface area contributed by atoms with Gasteiger partial charge in [-0.2, -0.15) is 5.21 Å². The van der Waals surface area contributed by atoms with Crippen LogP contribution < -0.4 is 4.72 Å². The van der Waals surface area contributed by atoms with Gasteiger partial charge >= 0.3 is 0 Å². The third-order valence-electron chi connectivity index (χ3n) is 3.37. The van der Waals surface area contributed by atoms with E-state index in [9.17, 15) is 8.42 Å². The molecule has 2 N–H and O–H groups in total. The summed E-state index contributed by atoms with van der Waals surface area (Å²) in [7, 11) is -3.55. The molecular formula is C14H15N5O2S2. The van der Waals surface area contributed by atoms with Gasteiger partial charge in [-0.1, -0.05) is 17.3 Å². The summed E-state index contributed by atoms with van der Waals surface area (Å²) >= 11 is 1.27. The normalized spacial score (nSPS) is 11.6. The van der Waals surface area contributed by atoms with E-state index in [2.05, 4.69) is 25.3 Å². The Morgan fingerprint density at radius 3 is 2.52 bits per heavy atom. The third-order valence-corrected chi connectivity index (χ3v) is 6.37. The monoisotopic (exact) mass is 349 g/mol. The average molecular weight is 349 g/mol. The molecule has 0 aliphatic carbocycles. The van der Waals surface area contributed by atoms with Gasteiger partial charge in [0, 0.05) is 17.0 Å². The molecular weight excluding hydrogens is 334 g/mol. The number of aromatic amines is 1. The van der Waals surface area contributed by atoms with Crippen molar-refractivity contribution in [3.8, 4) is 0 Å². The van der Waals surface area contributed by atoms with Crippen molar-refractivity contribution in [2.24, 2.45) is 0 Å². The zero-order valence-electron chi connectivity index (χ0n) is 12.6. The van der Waals surface area contributed by atoms with Crippen molar-refractivity contribution in [3.05, 3.63) is 52.2 Å². The van der Waals surface area contributed by atoms with Crippen molar-refractivity contribution >= 4 is 27.0 Å². The standard InChI is InChI=1S/C14H15N5O2S2/c1-9-7-14(22-10(9)2)23(20,21)17-12-5-3-11(4-6-12)8-13-15-18-19-16-13/h3-7,17H,8H2,1-2H3,(H,15,16,18,19). The second kappa shape index (κ2) is 6.09. The smallest absolute Gasteiger partial charge is 0.271 e. The molecule has 120 valence electrons. The molecule has 0 amide bonds. The van der Waals surface area contributed by atoms with Crippen LogP contribution in [-0.4, -0.2) is 29.0 Å². The van der Waals surface area contributed by atoms with Crippen LogP contribution in [0.4, 0.5) is 5.69 Å². The van der Waals surface area contributed by atoms with E-state index < -0.39 is 10.0 Å². The van der Waals surface area contributed by atoms with Crippen LogP contribution in [0.5, 0.6) is 0 Å². The molecule has 2 heterocycles. The molecule has 0 aliphatic heterocycles. The van der Waals surface area contributed by atoms with Crippen LogP contribution in [0.3, 0.4) is 0 Å². The summed E-state index contributed by atoms with van der Waals surface area (Å²) in [4.78, 5) is 1.00. The number of H-pyrrole nitrogens is 1. The van der Waals surface area contributed by atoms with Crippen LogP contribution in [0.15, 0.2) is 34.5 Å². The summed E-state index contributed by atoms with van der Waals surface area (Å²) in [6.07, 6.45) is 0.535. The lowest BCUT2D eigenvalue weighted by Crippen LogP contribution is -2.11. The molecule has 23 heavy (non-hydrogen) atoms. The van der Waals surface area contributed by atoms with E-state index in [0.717, 1.165) is 16.0 Å². The first-order valence-electron chi connectivity index (χ1n) is 6.85. The molecule has 0 saturated carbocycles. The summed E-state index contributed by atoms with van der Waals surface area (Å²) in [6, 6.07) is 8.80. The molecule has 0 radical (unpaired) electrons. The van der Waals surface area contributed by atoms with Gasteiger partial charge in [0.1, 0.15) is 4.21 Å². The number of thiophene rings is 1. The van der Waals surface area contributed by atoms with E-state index in [1.165, 1.54) is 11.3 Å². The number of sulfonamides is 1. The fourth-order valence-electron chi connectivity index (χ4n) is 2.01. The van der Waals surface area contributed by atoms with E-state index in [4.69, 9.17) is 0 Å². The van der Waals surface area contributed by atoms with Crippen molar-refractivity contribution < 1.29 is 8.42 Å². The molecule has 0 fully saturated rings. The maximum Gasteiger partial charge on any atom is 0.271 e. The molecule has 7 nitrogen and oxygen atoms in total. The van der Waals surface area contributed by atoms with Crippen LogP contribution >= 0.6 is 11.3 Å². The van der Waals surface area contributed by atoms with Crippen LogP contribution in [0.2, 0.25) is 0 Å². The molecule has 0 bridgehead atoms. The summed E-state index contributed by atoms with van der Waals surface area (Å²) in [5.74, 6) is 0.586. The number of rotatable bonds is 5. The Hall–Kier alpha value is -2.26. The average Bonchev–Trinajstić information content (AvgIpc) is 3.12. The second-order valence-electron chi connectivity index (χ2n) is 5.11. The lowest BCUT2D eigenvalue weighted by molar-refractivity contribution is 0.603. The number of anilines is 1. The van der Waals surface area contributed by atoms with Crippen LogP contribution in [0.25, 0.3) is 0 Å². The second-order valence-corrected chi connectivity index (χ2v) is 8.28. The van der Waals surface area contributed by atoms with E-state index in [-0.39, 0.29) is 0 Å². The topological polar surface area (TPSA) is 101 Å². The number of aryl methyl sites for hydroxylation is 2. The van der Waals surface area contributed by atoms with Gasteiger partial charge in [0.05, 0.1) is 0 Å². The van der Waals surface area contributed by atoms with Crippen LogP contribution in [-0.2, 0) is 16.4 Å². The maximum atomic E-state index is 12.4. The Morgan fingerprint density at radius 2 is 1.96 bits per heavy atom. The molecule has 0 spiro atoms. The third kappa shape index (κ3) is 3.57. The van der Waals surface area contributed by atoms with E-state index in [1.807, 2.05) is 26.0 Å². The highest BCUT2D eigenvalue weighted by molar-refractivity contribution is 7.94. The highest BCUT2D eigenvalue weighted by Gasteiger charge is 2.17. The molecule has 9 heteroatoms. The number of hydrogen-bond acceptors (Lipinski definition) is 6. The van der Waals surface area contributed by atoms with Crippen molar-refractivity contribution in [1.29, 1.82) is 0 Å². The molecule has 0 aliphatic rings. The number of benzene rings is 1. The number of aromatic nitrogens is 4. The summed E-state index contributed by atoms with van der Waals surface area (Å²) in [5, 5.41) is 13.7. The minimum absolute atomic E-state index is 0.323. The summed E-state index contributed by atoms with van der Waals surface area (Å²) in [6.45, 7) is 3.81. The lowest BCUT2D eigenvalue weighted by atomic mass is 10.1. The van der Waals surface area contributed by atoms with E-state index in [1.54, 1.807) is 18.2 Å². The number of tetrazole rings is 1. The van der Waals surface area contributed by atoms with E-state index >= 15 is 0 Å². The number of nitrogens with zero attached hydrogens (tertiary/aromatic N) is 3. The van der Waals surface area contributed by atoms with Gasteiger partial charge in [0.2, 0.25) is 0 Å². The van der Waals surface area contributed by atoms with Gasteiger partial charge in [-0.05, 0) is 43.2 Å². The first kappa shape index (κ1) is 15.6. The quantitative estimate of drug-likeness (QED) is 0.736. The number of hydrogen-bond donors (Lipinski definition) is 2. The molecule has 3 rings (SSSR count). The Labute approximate surface area is 137 Å². The fourth-order valence-corrected chi connectivity index (χ4v) is 4.58. The van der Waals surface area contributed by atoms with Gasteiger partial charge in [0.25, 0.3) is 10.0 Å². The Kier molecular flexibility index (Phi) is 4.14. The van der Waals surface area contributed by atoms with Crippen molar-refractivity contribution in [3.63, 3.8) is 0 Å². The Morgan fingerprint density at radius 1 is 1.22 bits per heavy atom. The maximum absolute atomic E-state index is 12.4. The number of nitrogens with one attached hydrogen (secondary N) is 2. The zero-order valence-corrected chi connectivity index (χ0v) is 14.2. The van der Waals surface area contributed by atoms with E-state index in [0.29, 0.717) is 22.1 Å². The van der Waals surface area contributed by atoms with Gasteiger partial charge in [-0.3, -0.25) is 4.72 Å². The predicted molar refractivity (Wildman–Crippen MR) is 88.0 cm³/mol. The minimum Gasteiger partial charge on any atom is -0.279 e. The van der Waals surface area contributed by atoms with Crippen LogP contribution in [0.1, 0.15) is 21.8 Å². The zero-order chi connectivity index (χ0) is 16.4. The Bertz CT molecular complexity index is 880. The molecule has 0 atom stereocenters. The van der Waals surface area contributed by atoms with Crippen molar-refractivity contribution in [1.82, 2.24) is 20.6 Å². The van der Waals surface area contributed by atoms with Gasteiger partial charge in [-0.15, -0.1) is 21.5 Å². The Balaban J connectivity index is 1.75. The van der Waals surface area contributed by atoms with Gasteiger partial charge in [-0.25, -0.2) is 8.42 Å². The van der Waals surface area contributed by atoms with Crippen LogP contribution in [0, 0.1) is 13.8 Å². The molecule has 0 unspecified atom stereocenters. The fraction of sp³-hybridized carbons (Fsp3) is 0.214.